The van der Waals surface area contributed by atoms with Crippen LogP contribution in [0.2, 0.25) is 0 Å². The van der Waals surface area contributed by atoms with Gasteiger partial charge in [0.15, 0.2) is 5.69 Å². The summed E-state index contributed by atoms with van der Waals surface area (Å²) < 4.78 is 15.3. The minimum atomic E-state index is -0.442. The fourth-order valence-corrected chi connectivity index (χ4v) is 3.56. The Labute approximate surface area is 168 Å². The van der Waals surface area contributed by atoms with Crippen LogP contribution in [0.4, 0.5) is 15.8 Å². The lowest BCUT2D eigenvalue weighted by molar-refractivity contribution is 0.0978. The van der Waals surface area contributed by atoms with Gasteiger partial charge in [-0.15, -0.1) is 0 Å². The minimum Gasteiger partial charge on any atom is -0.323 e. The van der Waals surface area contributed by atoms with Gasteiger partial charge in [0, 0.05) is 25.0 Å². The van der Waals surface area contributed by atoms with Gasteiger partial charge < -0.3 is 14.8 Å². The second-order valence-corrected chi connectivity index (χ2v) is 7.00. The van der Waals surface area contributed by atoms with E-state index in [0.717, 1.165) is 24.2 Å². The van der Waals surface area contributed by atoms with Crippen LogP contribution in [0, 0.1) is 5.82 Å². The number of nitrogens with zero attached hydrogens (tertiary/aromatic N) is 3. The predicted molar refractivity (Wildman–Crippen MR) is 109 cm³/mol. The first-order valence-electron chi connectivity index (χ1n) is 9.54. The number of rotatable bonds is 4. The minimum absolute atomic E-state index is 0.221. The highest BCUT2D eigenvalue weighted by molar-refractivity contribution is 6.07. The molecule has 0 spiro atoms. The van der Waals surface area contributed by atoms with E-state index in [0.29, 0.717) is 18.7 Å². The van der Waals surface area contributed by atoms with E-state index < -0.39 is 11.7 Å². The first-order chi connectivity index (χ1) is 14.0. The lowest BCUT2D eigenvalue weighted by atomic mass is 10.1. The molecule has 2 heterocycles. The van der Waals surface area contributed by atoms with Gasteiger partial charge in [0.05, 0.1) is 5.69 Å². The number of fused-ring (bicyclic) bond motifs is 1. The molecule has 4 rings (SSSR count). The van der Waals surface area contributed by atoms with Crippen LogP contribution >= 0.6 is 0 Å². The number of hydrogen-bond donors (Lipinski definition) is 1. The summed E-state index contributed by atoms with van der Waals surface area (Å²) in [6, 6.07) is 15.0. The van der Waals surface area contributed by atoms with Crippen molar-refractivity contribution in [3.63, 3.8) is 0 Å². The number of imidazole rings is 1. The zero-order valence-corrected chi connectivity index (χ0v) is 16.1. The summed E-state index contributed by atoms with van der Waals surface area (Å²) in [7, 11) is 1.69. The van der Waals surface area contributed by atoms with Gasteiger partial charge in [-0.3, -0.25) is 9.59 Å². The SMILES string of the molecule is CN(C(=O)c1nc(C(=O)Nc2cccc(F)c2)c2n1CCCC2)c1ccccc1. The van der Waals surface area contributed by atoms with Crippen LogP contribution < -0.4 is 10.2 Å². The number of anilines is 2. The molecule has 0 atom stereocenters. The Balaban J connectivity index is 1.67. The van der Waals surface area contributed by atoms with Gasteiger partial charge >= 0.3 is 0 Å². The van der Waals surface area contributed by atoms with Crippen LogP contribution in [0.1, 0.15) is 39.6 Å². The fraction of sp³-hybridized carbons (Fsp3) is 0.227. The number of halogens is 1. The van der Waals surface area contributed by atoms with Crippen molar-refractivity contribution in [2.24, 2.45) is 0 Å². The summed E-state index contributed by atoms with van der Waals surface area (Å²) in [5.41, 5.74) is 2.06. The molecular weight excluding hydrogens is 371 g/mol. The van der Waals surface area contributed by atoms with Gasteiger partial charge in [0.25, 0.3) is 11.8 Å². The number of hydrogen-bond acceptors (Lipinski definition) is 3. The van der Waals surface area contributed by atoms with Crippen LogP contribution in [0.5, 0.6) is 0 Å². The van der Waals surface area contributed by atoms with Crippen molar-refractivity contribution in [1.29, 1.82) is 0 Å². The van der Waals surface area contributed by atoms with Crippen molar-refractivity contribution in [2.75, 3.05) is 17.3 Å². The first-order valence-corrected chi connectivity index (χ1v) is 9.54. The van der Waals surface area contributed by atoms with Gasteiger partial charge in [-0.1, -0.05) is 24.3 Å². The molecule has 1 aliphatic heterocycles. The van der Waals surface area contributed by atoms with E-state index in [-0.39, 0.29) is 17.4 Å². The van der Waals surface area contributed by atoms with Crippen LogP contribution in [0.3, 0.4) is 0 Å². The van der Waals surface area contributed by atoms with Crippen molar-refractivity contribution in [1.82, 2.24) is 9.55 Å². The fourth-order valence-electron chi connectivity index (χ4n) is 3.56. The zero-order chi connectivity index (χ0) is 20.4. The Morgan fingerprint density at radius 1 is 1.10 bits per heavy atom. The number of amides is 2. The van der Waals surface area contributed by atoms with E-state index in [1.165, 1.54) is 23.1 Å². The van der Waals surface area contributed by atoms with Crippen LogP contribution in [-0.4, -0.2) is 28.4 Å². The van der Waals surface area contributed by atoms with E-state index in [9.17, 15) is 14.0 Å². The molecule has 0 bridgehead atoms. The Morgan fingerprint density at radius 2 is 1.90 bits per heavy atom. The van der Waals surface area contributed by atoms with Gasteiger partial charge in [-0.25, -0.2) is 9.37 Å². The largest absolute Gasteiger partial charge is 0.323 e. The number of para-hydroxylation sites is 1. The number of carbonyl (C=O) groups is 2. The van der Waals surface area contributed by atoms with Gasteiger partial charge in [0.2, 0.25) is 5.82 Å². The molecule has 7 heteroatoms. The monoisotopic (exact) mass is 392 g/mol. The van der Waals surface area contributed by atoms with E-state index in [1.807, 2.05) is 34.9 Å². The highest BCUT2D eigenvalue weighted by atomic mass is 19.1. The molecule has 3 aromatic rings. The highest BCUT2D eigenvalue weighted by Gasteiger charge is 2.29. The van der Waals surface area contributed by atoms with Gasteiger partial charge in [-0.05, 0) is 49.6 Å². The lowest BCUT2D eigenvalue weighted by Crippen LogP contribution is -2.30. The molecule has 0 saturated carbocycles. The van der Waals surface area contributed by atoms with Crippen molar-refractivity contribution in [3.8, 4) is 0 Å². The number of carbonyl (C=O) groups excluding carboxylic acids is 2. The molecular formula is C22H21FN4O2. The number of nitrogens with one attached hydrogen (secondary N) is 1. The molecule has 6 nitrogen and oxygen atoms in total. The number of aromatic nitrogens is 2. The molecule has 0 aliphatic carbocycles. The summed E-state index contributed by atoms with van der Waals surface area (Å²) in [6.45, 7) is 0.638. The molecule has 0 fully saturated rings. The van der Waals surface area contributed by atoms with E-state index in [1.54, 1.807) is 13.1 Å². The normalized spacial score (nSPS) is 12.9. The Kier molecular flexibility index (Phi) is 5.12. The van der Waals surface area contributed by atoms with Crippen molar-refractivity contribution < 1.29 is 14.0 Å². The highest BCUT2D eigenvalue weighted by Crippen LogP contribution is 2.24. The maximum absolute atomic E-state index is 13.4. The Morgan fingerprint density at radius 3 is 2.66 bits per heavy atom. The van der Waals surface area contributed by atoms with Gasteiger partial charge in [-0.2, -0.15) is 0 Å². The number of benzene rings is 2. The van der Waals surface area contributed by atoms with Crippen LogP contribution in [0.15, 0.2) is 54.6 Å². The second-order valence-electron chi connectivity index (χ2n) is 7.00. The lowest BCUT2D eigenvalue weighted by Gasteiger charge is -2.20. The third kappa shape index (κ3) is 3.76. The average molecular weight is 392 g/mol. The molecule has 1 aliphatic rings. The Hall–Kier alpha value is -3.48. The molecule has 1 N–H and O–H groups in total. The average Bonchev–Trinajstić information content (AvgIpc) is 3.13. The standard InChI is InChI=1S/C22H21FN4O2/c1-26(17-10-3-2-4-11-17)22(29)20-25-19(18-12-5-6-13-27(18)20)21(28)24-16-9-7-8-15(23)14-16/h2-4,7-11,14H,5-6,12-13H2,1H3,(H,24,28). The van der Waals surface area contributed by atoms with Crippen molar-refractivity contribution >= 4 is 23.2 Å². The molecule has 2 aromatic carbocycles. The Bertz CT molecular complexity index is 1060. The maximum Gasteiger partial charge on any atom is 0.294 e. The van der Waals surface area contributed by atoms with E-state index in [2.05, 4.69) is 10.3 Å². The molecule has 148 valence electrons. The zero-order valence-electron chi connectivity index (χ0n) is 16.1. The third-order valence-corrected chi connectivity index (χ3v) is 5.05. The molecule has 29 heavy (non-hydrogen) atoms. The van der Waals surface area contributed by atoms with E-state index >= 15 is 0 Å². The summed E-state index contributed by atoms with van der Waals surface area (Å²) in [6.07, 6.45) is 2.51. The van der Waals surface area contributed by atoms with Crippen molar-refractivity contribution in [2.45, 2.75) is 25.8 Å². The summed E-state index contributed by atoms with van der Waals surface area (Å²) in [4.78, 5) is 31.9. The quantitative estimate of drug-likeness (QED) is 0.733. The summed E-state index contributed by atoms with van der Waals surface area (Å²) in [5.74, 6) is -0.905. The van der Waals surface area contributed by atoms with Crippen LogP contribution in [-0.2, 0) is 13.0 Å². The predicted octanol–water partition coefficient (Wildman–Crippen LogP) is 3.89. The summed E-state index contributed by atoms with van der Waals surface area (Å²) >= 11 is 0. The van der Waals surface area contributed by atoms with Crippen LogP contribution in [0.25, 0.3) is 0 Å². The van der Waals surface area contributed by atoms with E-state index in [4.69, 9.17) is 0 Å². The molecule has 1 aromatic heterocycles. The maximum atomic E-state index is 13.4. The third-order valence-electron chi connectivity index (χ3n) is 5.05. The second kappa shape index (κ2) is 7.87. The van der Waals surface area contributed by atoms with Crippen molar-refractivity contribution in [3.05, 3.63) is 77.6 Å². The smallest absolute Gasteiger partial charge is 0.294 e. The molecule has 0 unspecified atom stereocenters. The van der Waals surface area contributed by atoms with Gasteiger partial charge in [0.1, 0.15) is 5.82 Å². The molecule has 2 amide bonds. The topological polar surface area (TPSA) is 67.2 Å². The summed E-state index contributed by atoms with van der Waals surface area (Å²) in [5, 5.41) is 2.68. The molecule has 0 saturated heterocycles. The first kappa shape index (κ1) is 18.9. The molecule has 0 radical (unpaired) electrons.